The van der Waals surface area contributed by atoms with Crippen molar-refractivity contribution in [3.8, 4) is 0 Å². The van der Waals surface area contributed by atoms with Crippen LogP contribution in [0.4, 0.5) is 5.82 Å². The lowest BCUT2D eigenvalue weighted by atomic mass is 9.86. The number of imidazole rings is 1. The maximum Gasteiger partial charge on any atom is 0.165 e. The summed E-state index contributed by atoms with van der Waals surface area (Å²) in [5, 5.41) is 4.08. The molecule has 0 aliphatic rings. The Morgan fingerprint density at radius 2 is 1.73 bits per heavy atom. The summed E-state index contributed by atoms with van der Waals surface area (Å²) in [7, 11) is 0. The van der Waals surface area contributed by atoms with E-state index in [4.69, 9.17) is 11.6 Å². The van der Waals surface area contributed by atoms with Crippen LogP contribution in [-0.2, 0) is 24.9 Å². The van der Waals surface area contributed by atoms with Crippen molar-refractivity contribution in [2.24, 2.45) is 0 Å². The molecule has 4 rings (SSSR count). The highest BCUT2D eigenvalue weighted by atomic mass is 35.5. The fourth-order valence-corrected chi connectivity index (χ4v) is 3.62. The Hall–Kier alpha value is -2.92. The van der Waals surface area contributed by atoms with E-state index in [1.807, 2.05) is 30.6 Å². The third-order valence-corrected chi connectivity index (χ3v) is 5.64. The number of benzene rings is 2. The first-order valence-corrected chi connectivity index (χ1v) is 10.5. The molecule has 2 heterocycles. The number of nitrogens with one attached hydrogen (secondary N) is 1. The predicted octanol–water partition coefficient (Wildman–Crippen LogP) is 5.63. The first-order valence-electron chi connectivity index (χ1n) is 10.1. The molecule has 0 aliphatic heterocycles. The van der Waals surface area contributed by atoms with E-state index in [-0.39, 0.29) is 5.41 Å². The molecule has 0 atom stereocenters. The van der Waals surface area contributed by atoms with Crippen LogP contribution in [0.3, 0.4) is 0 Å². The Balaban J connectivity index is 1.47. The normalized spacial score (nSPS) is 11.7. The van der Waals surface area contributed by atoms with Crippen LogP contribution in [0.1, 0.15) is 37.5 Å². The summed E-state index contributed by atoms with van der Waals surface area (Å²) in [4.78, 5) is 13.4. The fourth-order valence-electron chi connectivity index (χ4n) is 3.42. The molecule has 1 N–H and O–H groups in total. The van der Waals surface area contributed by atoms with Crippen molar-refractivity contribution in [2.75, 3.05) is 5.32 Å². The van der Waals surface area contributed by atoms with Crippen LogP contribution in [0.5, 0.6) is 0 Å². The van der Waals surface area contributed by atoms with Crippen molar-refractivity contribution in [3.63, 3.8) is 0 Å². The maximum absolute atomic E-state index is 6.25. The lowest BCUT2D eigenvalue weighted by Gasteiger charge is -2.19. The molecule has 2 aromatic carbocycles. The summed E-state index contributed by atoms with van der Waals surface area (Å²) in [6.07, 6.45) is 4.33. The Morgan fingerprint density at radius 3 is 2.47 bits per heavy atom. The van der Waals surface area contributed by atoms with Crippen molar-refractivity contribution in [1.82, 2.24) is 19.5 Å². The van der Waals surface area contributed by atoms with Gasteiger partial charge in [-0.2, -0.15) is 0 Å². The van der Waals surface area contributed by atoms with Crippen LogP contribution in [0, 0.1) is 0 Å². The van der Waals surface area contributed by atoms with Crippen molar-refractivity contribution in [1.29, 1.82) is 0 Å². The van der Waals surface area contributed by atoms with Gasteiger partial charge in [0.1, 0.15) is 11.8 Å². The van der Waals surface area contributed by atoms with Crippen LogP contribution >= 0.6 is 11.6 Å². The lowest BCUT2D eigenvalue weighted by molar-refractivity contribution is 0.589. The number of hydrogen-bond donors (Lipinski definition) is 1. The summed E-state index contributed by atoms with van der Waals surface area (Å²) < 4.78 is 2.08. The highest BCUT2D eigenvalue weighted by Gasteiger charge is 2.13. The van der Waals surface area contributed by atoms with Gasteiger partial charge in [0.05, 0.1) is 6.33 Å². The van der Waals surface area contributed by atoms with Gasteiger partial charge < -0.3 is 9.88 Å². The third kappa shape index (κ3) is 4.46. The van der Waals surface area contributed by atoms with Gasteiger partial charge in [-0.3, -0.25) is 0 Å². The van der Waals surface area contributed by atoms with E-state index in [9.17, 15) is 0 Å². The molecule has 0 saturated carbocycles. The zero-order valence-electron chi connectivity index (χ0n) is 17.6. The molecule has 0 unspecified atom stereocenters. The van der Waals surface area contributed by atoms with Gasteiger partial charge in [0, 0.05) is 18.1 Å². The highest BCUT2D eigenvalue weighted by Crippen LogP contribution is 2.23. The zero-order valence-corrected chi connectivity index (χ0v) is 18.3. The molecule has 0 fully saturated rings. The number of nitrogens with zero attached hydrogens (tertiary/aromatic N) is 4. The molecule has 0 spiro atoms. The summed E-state index contributed by atoms with van der Waals surface area (Å²) in [6, 6.07) is 16.7. The molecular formula is C24H26ClN5. The SMILES string of the molecule is CC(C)(C)c1ccc(CCn2cnc3c(NCc4ccccc4Cl)ncnc32)cc1. The molecule has 4 aromatic rings. The minimum absolute atomic E-state index is 0.170. The summed E-state index contributed by atoms with van der Waals surface area (Å²) >= 11 is 6.25. The van der Waals surface area contributed by atoms with Gasteiger partial charge in [-0.05, 0) is 34.6 Å². The lowest BCUT2D eigenvalue weighted by Crippen LogP contribution is -2.10. The Labute approximate surface area is 182 Å². The minimum atomic E-state index is 0.170. The van der Waals surface area contributed by atoms with Gasteiger partial charge in [-0.1, -0.05) is 74.8 Å². The van der Waals surface area contributed by atoms with Gasteiger partial charge in [0.25, 0.3) is 0 Å². The molecule has 0 bridgehead atoms. The number of rotatable bonds is 6. The monoisotopic (exact) mass is 419 g/mol. The number of halogens is 1. The van der Waals surface area contributed by atoms with Crippen LogP contribution in [0.15, 0.2) is 61.2 Å². The van der Waals surface area contributed by atoms with E-state index in [1.165, 1.54) is 11.1 Å². The molecule has 0 saturated heterocycles. The van der Waals surface area contributed by atoms with Gasteiger partial charge in [-0.25, -0.2) is 15.0 Å². The molecule has 0 radical (unpaired) electrons. The van der Waals surface area contributed by atoms with E-state index >= 15 is 0 Å². The highest BCUT2D eigenvalue weighted by molar-refractivity contribution is 6.31. The molecule has 6 heteroatoms. The molecule has 30 heavy (non-hydrogen) atoms. The molecular weight excluding hydrogens is 394 g/mol. The average molecular weight is 420 g/mol. The Morgan fingerprint density at radius 1 is 0.967 bits per heavy atom. The van der Waals surface area contributed by atoms with Gasteiger partial charge >= 0.3 is 0 Å². The maximum atomic E-state index is 6.25. The predicted molar refractivity (Wildman–Crippen MR) is 123 cm³/mol. The second kappa shape index (κ2) is 8.44. The average Bonchev–Trinajstić information content (AvgIpc) is 3.15. The number of aryl methyl sites for hydroxylation is 2. The molecule has 154 valence electrons. The van der Waals surface area contributed by atoms with E-state index < -0.39 is 0 Å². The topological polar surface area (TPSA) is 55.6 Å². The van der Waals surface area contributed by atoms with Gasteiger partial charge in [0.15, 0.2) is 11.5 Å². The zero-order chi connectivity index (χ0) is 21.1. The van der Waals surface area contributed by atoms with Gasteiger partial charge in [-0.15, -0.1) is 0 Å². The van der Waals surface area contributed by atoms with Crippen LogP contribution in [0.25, 0.3) is 11.2 Å². The number of aromatic nitrogens is 4. The van der Waals surface area contributed by atoms with E-state index in [1.54, 1.807) is 6.33 Å². The van der Waals surface area contributed by atoms with Crippen molar-refractivity contribution in [3.05, 3.63) is 82.9 Å². The van der Waals surface area contributed by atoms with E-state index in [2.05, 4.69) is 69.9 Å². The minimum Gasteiger partial charge on any atom is -0.364 e. The quantitative estimate of drug-likeness (QED) is 0.440. The number of anilines is 1. The summed E-state index contributed by atoms with van der Waals surface area (Å²) in [6.45, 7) is 8.09. The molecule has 0 aliphatic carbocycles. The molecule has 5 nitrogen and oxygen atoms in total. The van der Waals surface area contributed by atoms with Crippen molar-refractivity contribution >= 4 is 28.6 Å². The second-order valence-electron chi connectivity index (χ2n) is 8.47. The van der Waals surface area contributed by atoms with Crippen LogP contribution in [0.2, 0.25) is 5.02 Å². The summed E-state index contributed by atoms with van der Waals surface area (Å²) in [5.41, 5.74) is 5.44. The fraction of sp³-hybridized carbons (Fsp3) is 0.292. The first-order chi connectivity index (χ1) is 14.4. The van der Waals surface area contributed by atoms with Crippen LogP contribution in [-0.4, -0.2) is 19.5 Å². The number of hydrogen-bond acceptors (Lipinski definition) is 4. The Bertz CT molecular complexity index is 1140. The largest absolute Gasteiger partial charge is 0.364 e. The standard InChI is InChI=1S/C24H26ClN5/c1-24(2,3)19-10-8-17(9-11-19)12-13-30-16-29-21-22(27-15-28-23(21)30)26-14-18-6-4-5-7-20(18)25/h4-11,15-16H,12-14H2,1-3H3,(H,26,27,28). The van der Waals surface area contributed by atoms with Gasteiger partial charge in [0.2, 0.25) is 0 Å². The number of fused-ring (bicyclic) bond motifs is 1. The van der Waals surface area contributed by atoms with E-state index in [0.717, 1.165) is 34.7 Å². The second-order valence-corrected chi connectivity index (χ2v) is 8.88. The smallest absolute Gasteiger partial charge is 0.165 e. The molecule has 0 amide bonds. The molecule has 2 aromatic heterocycles. The van der Waals surface area contributed by atoms with Crippen LogP contribution < -0.4 is 5.32 Å². The Kier molecular flexibility index (Phi) is 5.73. The van der Waals surface area contributed by atoms with Crippen molar-refractivity contribution < 1.29 is 0 Å². The third-order valence-electron chi connectivity index (χ3n) is 5.27. The van der Waals surface area contributed by atoms with E-state index in [0.29, 0.717) is 12.4 Å². The first kappa shape index (κ1) is 20.4. The van der Waals surface area contributed by atoms with Crippen molar-refractivity contribution in [2.45, 2.75) is 45.7 Å². The summed E-state index contributed by atoms with van der Waals surface area (Å²) in [5.74, 6) is 0.716.